The van der Waals surface area contributed by atoms with Crippen molar-refractivity contribution in [3.8, 4) is 0 Å². The van der Waals surface area contributed by atoms with E-state index in [1.807, 2.05) is 31.4 Å². The van der Waals surface area contributed by atoms with E-state index < -0.39 is 0 Å². The number of rotatable bonds is 8. The zero-order valence-electron chi connectivity index (χ0n) is 12.4. The van der Waals surface area contributed by atoms with Crippen molar-refractivity contribution in [3.05, 3.63) is 46.7 Å². The smallest absolute Gasteiger partial charge is 0.0833 e. The molecule has 0 fully saturated rings. The van der Waals surface area contributed by atoms with Crippen LogP contribution in [0.5, 0.6) is 0 Å². The molecule has 0 saturated carbocycles. The average Bonchev–Trinajstić information content (AvgIpc) is 2.87. The highest BCUT2D eigenvalue weighted by molar-refractivity contribution is 6.30. The van der Waals surface area contributed by atoms with Crippen molar-refractivity contribution in [2.45, 2.75) is 12.3 Å². The highest BCUT2D eigenvalue weighted by Crippen LogP contribution is 2.22. The lowest BCUT2D eigenvalue weighted by Gasteiger charge is -2.17. The molecule has 2 aromatic rings. The number of halogens is 1. The lowest BCUT2D eigenvalue weighted by molar-refractivity contribution is 0.199. The molecule has 0 spiro atoms. The molecular weight excluding hydrogens is 288 g/mol. The zero-order valence-corrected chi connectivity index (χ0v) is 13.2. The Balaban J connectivity index is 2.06. The Morgan fingerprint density at radius 2 is 2.29 bits per heavy atom. The summed E-state index contributed by atoms with van der Waals surface area (Å²) in [5.41, 5.74) is 2.19. The van der Waals surface area contributed by atoms with Gasteiger partial charge in [0.05, 0.1) is 12.3 Å². The Morgan fingerprint density at radius 1 is 1.43 bits per heavy atom. The van der Waals surface area contributed by atoms with Gasteiger partial charge in [0.1, 0.15) is 0 Å². The summed E-state index contributed by atoms with van der Waals surface area (Å²) < 4.78 is 6.79. The summed E-state index contributed by atoms with van der Waals surface area (Å²) in [5.74, 6) is 0.303. The van der Waals surface area contributed by atoms with Crippen LogP contribution < -0.4 is 5.32 Å². The summed E-state index contributed by atoms with van der Waals surface area (Å²) in [6.07, 6.45) is 2.78. The Bertz CT molecular complexity index is 558. The van der Waals surface area contributed by atoms with Crippen LogP contribution in [-0.4, -0.2) is 41.8 Å². The predicted octanol–water partition coefficient (Wildman–Crippen LogP) is 2.03. The highest BCUT2D eigenvalue weighted by atomic mass is 35.5. The molecule has 1 N–H and O–H groups in total. The van der Waals surface area contributed by atoms with E-state index in [2.05, 4.69) is 21.7 Å². The summed E-state index contributed by atoms with van der Waals surface area (Å²) >= 11 is 6.11. The Morgan fingerprint density at radius 3 is 2.95 bits per heavy atom. The van der Waals surface area contributed by atoms with Crippen molar-refractivity contribution in [1.29, 1.82) is 0 Å². The molecule has 0 aliphatic rings. The molecule has 114 valence electrons. The van der Waals surface area contributed by atoms with Gasteiger partial charge < -0.3 is 10.1 Å². The number of nitrogens with zero attached hydrogens (tertiary/aromatic N) is 3. The third kappa shape index (κ3) is 5.12. The van der Waals surface area contributed by atoms with Crippen molar-refractivity contribution in [2.24, 2.45) is 7.05 Å². The minimum Gasteiger partial charge on any atom is -0.383 e. The molecule has 0 radical (unpaired) electrons. The average molecular weight is 309 g/mol. The largest absolute Gasteiger partial charge is 0.383 e. The summed E-state index contributed by atoms with van der Waals surface area (Å²) in [5, 5.41) is 12.3. The van der Waals surface area contributed by atoms with E-state index in [1.54, 1.807) is 11.8 Å². The van der Waals surface area contributed by atoms with Crippen molar-refractivity contribution in [3.63, 3.8) is 0 Å². The van der Waals surface area contributed by atoms with Crippen LogP contribution in [-0.2, 0) is 18.2 Å². The second-order valence-corrected chi connectivity index (χ2v) is 5.47. The van der Waals surface area contributed by atoms with Crippen molar-refractivity contribution < 1.29 is 4.74 Å². The lowest BCUT2D eigenvalue weighted by atomic mass is 9.94. The van der Waals surface area contributed by atoms with E-state index in [4.69, 9.17) is 16.3 Å². The maximum absolute atomic E-state index is 6.11. The van der Waals surface area contributed by atoms with Crippen LogP contribution in [0.2, 0.25) is 5.02 Å². The highest BCUT2D eigenvalue weighted by Gasteiger charge is 2.14. The second kappa shape index (κ2) is 8.12. The first-order valence-electron chi connectivity index (χ1n) is 6.99. The number of benzene rings is 1. The SMILES string of the molecule is COCCNCC(Cc1cn(C)nn1)c1cccc(Cl)c1. The number of methoxy groups -OCH3 is 1. The first kappa shape index (κ1) is 15.9. The summed E-state index contributed by atoms with van der Waals surface area (Å²) in [6.45, 7) is 2.38. The van der Waals surface area contributed by atoms with Crippen LogP contribution in [0.15, 0.2) is 30.5 Å². The third-order valence-corrected chi connectivity index (χ3v) is 3.53. The molecule has 1 unspecified atom stereocenters. The molecular formula is C15H21ClN4O. The molecule has 2 rings (SSSR count). The fourth-order valence-corrected chi connectivity index (χ4v) is 2.46. The minimum absolute atomic E-state index is 0.303. The number of aromatic nitrogens is 3. The van der Waals surface area contributed by atoms with Crippen LogP contribution in [0.3, 0.4) is 0 Å². The van der Waals surface area contributed by atoms with Gasteiger partial charge in [-0.1, -0.05) is 28.9 Å². The van der Waals surface area contributed by atoms with Crippen LogP contribution >= 0.6 is 11.6 Å². The molecule has 0 aliphatic carbocycles. The van der Waals surface area contributed by atoms with Gasteiger partial charge in [-0.15, -0.1) is 5.10 Å². The fraction of sp³-hybridized carbons (Fsp3) is 0.467. The first-order valence-corrected chi connectivity index (χ1v) is 7.37. The lowest BCUT2D eigenvalue weighted by Crippen LogP contribution is -2.26. The van der Waals surface area contributed by atoms with Crippen LogP contribution in [0.25, 0.3) is 0 Å². The predicted molar refractivity (Wildman–Crippen MR) is 83.6 cm³/mol. The summed E-state index contributed by atoms with van der Waals surface area (Å²) in [6, 6.07) is 7.99. The number of ether oxygens (including phenoxy) is 1. The fourth-order valence-electron chi connectivity index (χ4n) is 2.26. The maximum atomic E-state index is 6.11. The molecule has 0 amide bonds. The normalized spacial score (nSPS) is 12.5. The molecule has 6 heteroatoms. The number of hydrogen-bond acceptors (Lipinski definition) is 4. The molecule has 1 atom stereocenters. The molecule has 0 saturated heterocycles. The van der Waals surface area contributed by atoms with Gasteiger partial charge in [-0.25, -0.2) is 0 Å². The van der Waals surface area contributed by atoms with Gasteiger partial charge >= 0.3 is 0 Å². The molecule has 1 aromatic carbocycles. The van der Waals surface area contributed by atoms with Gasteiger partial charge in [0.2, 0.25) is 0 Å². The Labute approximate surface area is 130 Å². The monoisotopic (exact) mass is 308 g/mol. The molecule has 21 heavy (non-hydrogen) atoms. The van der Waals surface area contributed by atoms with Crippen molar-refractivity contribution in [1.82, 2.24) is 20.3 Å². The van der Waals surface area contributed by atoms with Crippen molar-refractivity contribution >= 4 is 11.6 Å². The van der Waals surface area contributed by atoms with Gasteiger partial charge in [-0.3, -0.25) is 4.68 Å². The third-order valence-electron chi connectivity index (χ3n) is 3.30. The molecule has 5 nitrogen and oxygen atoms in total. The van der Waals surface area contributed by atoms with Gasteiger partial charge in [-0.05, 0) is 17.7 Å². The van der Waals surface area contributed by atoms with E-state index >= 15 is 0 Å². The number of nitrogens with one attached hydrogen (secondary N) is 1. The van der Waals surface area contributed by atoms with Gasteiger partial charge in [0.25, 0.3) is 0 Å². The maximum Gasteiger partial charge on any atom is 0.0833 e. The molecule has 0 aliphatic heterocycles. The van der Waals surface area contributed by atoms with E-state index in [1.165, 1.54) is 5.56 Å². The first-order chi connectivity index (χ1) is 10.2. The van der Waals surface area contributed by atoms with Crippen LogP contribution in [0.4, 0.5) is 0 Å². The van der Waals surface area contributed by atoms with Crippen LogP contribution in [0.1, 0.15) is 17.2 Å². The zero-order chi connectivity index (χ0) is 15.1. The minimum atomic E-state index is 0.303. The van der Waals surface area contributed by atoms with Crippen LogP contribution in [0, 0.1) is 0 Å². The molecule has 1 aromatic heterocycles. The van der Waals surface area contributed by atoms with E-state index in [-0.39, 0.29) is 0 Å². The van der Waals surface area contributed by atoms with Gasteiger partial charge in [0.15, 0.2) is 0 Å². The Kier molecular flexibility index (Phi) is 6.17. The van der Waals surface area contributed by atoms with Gasteiger partial charge in [0, 0.05) is 50.8 Å². The molecule has 0 bridgehead atoms. The molecule has 1 heterocycles. The van der Waals surface area contributed by atoms with Gasteiger partial charge in [-0.2, -0.15) is 0 Å². The van der Waals surface area contributed by atoms with E-state index in [9.17, 15) is 0 Å². The van der Waals surface area contributed by atoms with E-state index in [0.717, 1.165) is 30.2 Å². The number of hydrogen-bond donors (Lipinski definition) is 1. The van der Waals surface area contributed by atoms with Crippen molar-refractivity contribution in [2.75, 3.05) is 26.8 Å². The van der Waals surface area contributed by atoms with E-state index in [0.29, 0.717) is 12.5 Å². The Hall–Kier alpha value is -1.43. The summed E-state index contributed by atoms with van der Waals surface area (Å²) in [4.78, 5) is 0. The standard InChI is InChI=1S/C15H21ClN4O/c1-20-11-15(18-19-20)9-13(10-17-6-7-21-2)12-4-3-5-14(16)8-12/h3-5,8,11,13,17H,6-7,9-10H2,1-2H3. The number of aryl methyl sites for hydroxylation is 1. The summed E-state index contributed by atoms with van der Waals surface area (Å²) in [7, 11) is 3.58. The topological polar surface area (TPSA) is 52.0 Å². The second-order valence-electron chi connectivity index (χ2n) is 5.04. The quantitative estimate of drug-likeness (QED) is 0.758.